The maximum atomic E-state index is 11.1. The minimum atomic E-state index is -1.29. The lowest BCUT2D eigenvalue weighted by Gasteiger charge is -2.18. The molecule has 1 aliphatic carbocycles. The molecule has 2 bridgehead atoms. The highest BCUT2D eigenvalue weighted by Gasteiger charge is 2.56. The first-order valence-electron chi connectivity index (χ1n) is 5.21. The van der Waals surface area contributed by atoms with Crippen LogP contribution in [0.3, 0.4) is 0 Å². The van der Waals surface area contributed by atoms with Crippen LogP contribution in [0.4, 0.5) is 19.2 Å². The van der Waals surface area contributed by atoms with Crippen LogP contribution in [0.25, 0.3) is 0 Å². The quantitative estimate of drug-likeness (QED) is 0.349. The monoisotopic (exact) mass is 274 g/mol. The molecular weight excluding hydrogens is 268 g/mol. The van der Waals surface area contributed by atoms with Crippen molar-refractivity contribution in [2.24, 2.45) is 0 Å². The van der Waals surface area contributed by atoms with E-state index in [0.29, 0.717) is 0 Å². The second-order valence-corrected chi connectivity index (χ2v) is 3.92. The first-order chi connectivity index (χ1) is 9.02. The molecule has 2 aliphatic heterocycles. The van der Waals surface area contributed by atoms with Crippen molar-refractivity contribution in [3.05, 3.63) is 0 Å². The number of hydrogen-bond acceptors (Lipinski definition) is 10. The van der Waals surface area contributed by atoms with Gasteiger partial charge in [0.25, 0.3) is 0 Å². The summed E-state index contributed by atoms with van der Waals surface area (Å²) in [5, 5.41) is 0. The third kappa shape index (κ3) is 2.00. The number of hydrogen-bond donors (Lipinski definition) is 0. The van der Waals surface area contributed by atoms with Crippen LogP contribution < -0.4 is 0 Å². The maximum Gasteiger partial charge on any atom is 0.519 e. The fourth-order valence-corrected chi connectivity index (χ4v) is 2.14. The lowest BCUT2D eigenvalue weighted by atomic mass is 10.2. The number of fused-ring (bicyclic) bond motifs is 5. The summed E-state index contributed by atoms with van der Waals surface area (Å²) in [4.78, 5) is 44.5. The van der Waals surface area contributed by atoms with E-state index in [4.69, 9.17) is 18.9 Å². The Bertz CT molecular complexity index is 426. The molecule has 1 saturated carbocycles. The minimum Gasteiger partial charge on any atom is -0.426 e. The average molecular weight is 274 g/mol. The summed E-state index contributed by atoms with van der Waals surface area (Å²) in [5.74, 6) is 0. The SMILES string of the molecule is O=C1OC(=O)O[C@@H]2CC(O1)C1OC(=O)OC(=O)O[C@@H]12. The van der Waals surface area contributed by atoms with E-state index >= 15 is 0 Å². The second-order valence-electron chi connectivity index (χ2n) is 3.92. The van der Waals surface area contributed by atoms with Crippen LogP contribution in [0, 0.1) is 0 Å². The fraction of sp³-hybridized carbons (Fsp3) is 0.556. The van der Waals surface area contributed by atoms with Crippen molar-refractivity contribution < 1.29 is 47.6 Å². The maximum absolute atomic E-state index is 11.1. The molecule has 0 aromatic rings. The van der Waals surface area contributed by atoms with E-state index in [0.717, 1.165) is 0 Å². The van der Waals surface area contributed by atoms with E-state index in [1.54, 1.807) is 0 Å². The van der Waals surface area contributed by atoms with E-state index in [2.05, 4.69) is 9.47 Å². The Morgan fingerprint density at radius 3 is 1.42 bits per heavy atom. The van der Waals surface area contributed by atoms with Gasteiger partial charge in [0, 0.05) is 6.42 Å². The van der Waals surface area contributed by atoms with Gasteiger partial charge in [-0.25, -0.2) is 19.2 Å². The van der Waals surface area contributed by atoms with Gasteiger partial charge in [0.05, 0.1) is 0 Å². The van der Waals surface area contributed by atoms with Crippen molar-refractivity contribution in [2.75, 3.05) is 0 Å². The fourth-order valence-electron chi connectivity index (χ4n) is 2.14. The van der Waals surface area contributed by atoms with Gasteiger partial charge in [-0.05, 0) is 0 Å². The van der Waals surface area contributed by atoms with Gasteiger partial charge >= 0.3 is 24.6 Å². The van der Waals surface area contributed by atoms with Crippen molar-refractivity contribution in [1.29, 1.82) is 0 Å². The van der Waals surface area contributed by atoms with Crippen molar-refractivity contribution >= 4 is 24.6 Å². The average Bonchev–Trinajstić information content (AvgIpc) is 2.50. The highest BCUT2D eigenvalue weighted by Crippen LogP contribution is 2.34. The molecule has 0 radical (unpaired) electrons. The van der Waals surface area contributed by atoms with Crippen LogP contribution in [0.15, 0.2) is 0 Å². The lowest BCUT2D eigenvalue weighted by molar-refractivity contribution is -0.0393. The predicted octanol–water partition coefficient (Wildman–Crippen LogP) is 0.471. The van der Waals surface area contributed by atoms with E-state index in [1.807, 2.05) is 0 Å². The second kappa shape index (κ2) is 4.00. The molecule has 19 heavy (non-hydrogen) atoms. The van der Waals surface area contributed by atoms with Crippen molar-refractivity contribution in [2.45, 2.75) is 30.8 Å². The molecule has 0 spiro atoms. The zero-order valence-electron chi connectivity index (χ0n) is 9.10. The lowest BCUT2D eigenvalue weighted by Crippen LogP contribution is -2.38. The molecule has 102 valence electrons. The molecule has 0 N–H and O–H groups in total. The first-order valence-corrected chi connectivity index (χ1v) is 5.21. The summed E-state index contributed by atoms with van der Waals surface area (Å²) in [6.07, 6.45) is -9.32. The van der Waals surface area contributed by atoms with Gasteiger partial charge < -0.3 is 28.4 Å². The Balaban J connectivity index is 1.90. The van der Waals surface area contributed by atoms with Crippen molar-refractivity contribution in [3.8, 4) is 0 Å². The minimum absolute atomic E-state index is 0.0106. The molecule has 3 fully saturated rings. The molecule has 2 heterocycles. The molecule has 0 amide bonds. The Morgan fingerprint density at radius 1 is 0.632 bits per heavy atom. The number of rotatable bonds is 0. The smallest absolute Gasteiger partial charge is 0.426 e. The normalized spacial score (nSPS) is 37.1. The first kappa shape index (κ1) is 11.6. The number of carbonyl (C=O) groups is 4. The van der Waals surface area contributed by atoms with Gasteiger partial charge in [-0.2, -0.15) is 0 Å². The van der Waals surface area contributed by atoms with Crippen LogP contribution in [-0.2, 0) is 28.4 Å². The van der Waals surface area contributed by atoms with Gasteiger partial charge in [0.15, 0.2) is 12.2 Å². The Morgan fingerprint density at radius 2 is 1.00 bits per heavy atom. The van der Waals surface area contributed by atoms with E-state index < -0.39 is 49.0 Å². The topological polar surface area (TPSA) is 124 Å². The third-order valence-corrected chi connectivity index (χ3v) is 2.81. The number of cyclic esters (lactones) is 4. The summed E-state index contributed by atoms with van der Waals surface area (Å²) in [6.45, 7) is 0. The summed E-state index contributed by atoms with van der Waals surface area (Å²) in [5.41, 5.74) is 0. The molecular formula is C9H6O10. The van der Waals surface area contributed by atoms with Gasteiger partial charge in [-0.3, -0.25) is 0 Å². The molecule has 10 nitrogen and oxygen atoms in total. The Kier molecular flexibility index (Phi) is 2.44. The molecule has 3 aliphatic rings. The molecule has 0 aromatic carbocycles. The van der Waals surface area contributed by atoms with E-state index in [1.165, 1.54) is 0 Å². The Hall–Kier alpha value is -2.52. The summed E-state index contributed by atoms with van der Waals surface area (Å²) in [6, 6.07) is 0. The Labute approximate surface area is 104 Å². The highest BCUT2D eigenvalue weighted by atomic mass is 16.9. The highest BCUT2D eigenvalue weighted by molar-refractivity contribution is 5.79. The molecule has 3 rings (SSSR count). The van der Waals surface area contributed by atoms with Crippen LogP contribution in [0.5, 0.6) is 0 Å². The van der Waals surface area contributed by atoms with Crippen molar-refractivity contribution in [3.63, 3.8) is 0 Å². The van der Waals surface area contributed by atoms with E-state index in [-0.39, 0.29) is 6.42 Å². The molecule has 0 aromatic heterocycles. The predicted molar refractivity (Wildman–Crippen MR) is 47.9 cm³/mol. The van der Waals surface area contributed by atoms with Crippen molar-refractivity contribution in [1.82, 2.24) is 0 Å². The van der Waals surface area contributed by atoms with Crippen LogP contribution in [0.1, 0.15) is 6.42 Å². The molecule has 2 saturated heterocycles. The standard InChI is InChI=1S/C9H6O10/c10-6-14-2-1-3(15-7(11)18-6)5-4(2)16-8(12)19-9(13)17-5/h2-5H,1H2/t2-,3?,4-,5?/m1/s1. The molecule has 2 unspecified atom stereocenters. The molecule has 4 atom stereocenters. The zero-order valence-corrected chi connectivity index (χ0v) is 9.10. The van der Waals surface area contributed by atoms with Gasteiger partial charge in [-0.1, -0.05) is 0 Å². The third-order valence-electron chi connectivity index (χ3n) is 2.81. The van der Waals surface area contributed by atoms with Gasteiger partial charge in [0.1, 0.15) is 12.2 Å². The van der Waals surface area contributed by atoms with Crippen LogP contribution in [-0.4, -0.2) is 49.0 Å². The number of carbonyl (C=O) groups excluding carboxylic acids is 4. The number of ether oxygens (including phenoxy) is 6. The zero-order chi connectivity index (χ0) is 13.6. The van der Waals surface area contributed by atoms with E-state index in [9.17, 15) is 19.2 Å². The van der Waals surface area contributed by atoms with Crippen LogP contribution >= 0.6 is 0 Å². The summed E-state index contributed by atoms with van der Waals surface area (Å²) >= 11 is 0. The van der Waals surface area contributed by atoms with Crippen LogP contribution in [0.2, 0.25) is 0 Å². The van der Waals surface area contributed by atoms with Gasteiger partial charge in [-0.15, -0.1) is 0 Å². The molecule has 10 heteroatoms. The summed E-state index contributed by atoms with van der Waals surface area (Å²) < 4.78 is 27.3. The summed E-state index contributed by atoms with van der Waals surface area (Å²) in [7, 11) is 0. The largest absolute Gasteiger partial charge is 0.519 e. The van der Waals surface area contributed by atoms with Gasteiger partial charge in [0.2, 0.25) is 0 Å².